The molecular formula is C17H16N2O. The summed E-state index contributed by atoms with van der Waals surface area (Å²) in [5, 5.41) is 4.49. The molecule has 3 heteroatoms. The number of methoxy groups -OCH3 is 1. The minimum Gasteiger partial charge on any atom is -0.497 e. The zero-order valence-corrected chi connectivity index (χ0v) is 11.3. The Morgan fingerprint density at radius 2 is 1.75 bits per heavy atom. The Labute approximate surface area is 118 Å². The predicted octanol–water partition coefficient (Wildman–Crippen LogP) is 3.86. The molecule has 0 saturated heterocycles. The summed E-state index contributed by atoms with van der Waals surface area (Å²) >= 11 is 0. The molecule has 3 nitrogen and oxygen atoms in total. The second-order valence-corrected chi connectivity index (χ2v) is 4.59. The number of hydrogen-bond donors (Lipinski definition) is 1. The fraction of sp³-hybridized carbons (Fsp3) is 0.118. The van der Waals surface area contributed by atoms with E-state index in [1.54, 1.807) is 7.11 Å². The molecule has 1 N–H and O–H groups in total. The van der Waals surface area contributed by atoms with Crippen molar-refractivity contribution in [1.29, 1.82) is 0 Å². The van der Waals surface area contributed by atoms with Crippen molar-refractivity contribution in [2.45, 2.75) is 6.54 Å². The minimum atomic E-state index is 0.745. The molecule has 0 aliphatic rings. The van der Waals surface area contributed by atoms with Crippen LogP contribution in [0.5, 0.6) is 5.75 Å². The van der Waals surface area contributed by atoms with Crippen LogP contribution < -0.4 is 10.1 Å². The van der Waals surface area contributed by atoms with Crippen LogP contribution in [-0.4, -0.2) is 12.1 Å². The normalized spacial score (nSPS) is 10.4. The quantitative estimate of drug-likeness (QED) is 0.777. The fourth-order valence-electron chi connectivity index (χ4n) is 2.10. The molecule has 20 heavy (non-hydrogen) atoms. The minimum absolute atomic E-state index is 0.745. The molecular weight excluding hydrogens is 248 g/mol. The van der Waals surface area contributed by atoms with Gasteiger partial charge in [-0.15, -0.1) is 0 Å². The summed E-state index contributed by atoms with van der Waals surface area (Å²) in [4.78, 5) is 4.59. The maximum atomic E-state index is 5.15. The van der Waals surface area contributed by atoms with E-state index >= 15 is 0 Å². The second-order valence-electron chi connectivity index (χ2n) is 4.59. The van der Waals surface area contributed by atoms with Gasteiger partial charge in [0.05, 0.1) is 12.6 Å². The van der Waals surface area contributed by atoms with Crippen molar-refractivity contribution >= 4 is 16.7 Å². The molecule has 2 aromatic carbocycles. The van der Waals surface area contributed by atoms with Crippen LogP contribution >= 0.6 is 0 Å². The Bertz CT molecular complexity index is 708. The van der Waals surface area contributed by atoms with Crippen molar-refractivity contribution in [3.8, 4) is 5.75 Å². The summed E-state index contributed by atoms with van der Waals surface area (Å²) in [7, 11) is 1.67. The van der Waals surface area contributed by atoms with E-state index in [2.05, 4.69) is 22.4 Å². The average Bonchev–Trinajstić information content (AvgIpc) is 2.53. The molecule has 3 aromatic rings. The van der Waals surface area contributed by atoms with Crippen molar-refractivity contribution in [1.82, 2.24) is 4.98 Å². The standard InChI is InChI=1S/C17H16N2O/c1-20-15-9-6-13(7-10-15)12-18-17-11-8-14-4-2-3-5-16(14)19-17/h2-11H,12H2,1H3,(H,18,19). The highest BCUT2D eigenvalue weighted by Gasteiger charge is 1.98. The van der Waals surface area contributed by atoms with Crippen molar-refractivity contribution in [2.24, 2.45) is 0 Å². The van der Waals surface area contributed by atoms with Gasteiger partial charge in [0.15, 0.2) is 0 Å². The molecule has 0 amide bonds. The molecule has 0 spiro atoms. The first-order chi connectivity index (χ1) is 9.85. The Morgan fingerprint density at radius 1 is 0.950 bits per heavy atom. The number of benzene rings is 2. The molecule has 3 rings (SSSR count). The molecule has 1 aromatic heterocycles. The van der Waals surface area contributed by atoms with Gasteiger partial charge in [-0.05, 0) is 35.9 Å². The monoisotopic (exact) mass is 264 g/mol. The Hall–Kier alpha value is -2.55. The van der Waals surface area contributed by atoms with E-state index in [-0.39, 0.29) is 0 Å². The van der Waals surface area contributed by atoms with E-state index in [1.165, 1.54) is 5.56 Å². The molecule has 100 valence electrons. The van der Waals surface area contributed by atoms with E-state index in [0.717, 1.165) is 29.0 Å². The lowest BCUT2D eigenvalue weighted by molar-refractivity contribution is 0.414. The van der Waals surface area contributed by atoms with Gasteiger partial charge in [0.2, 0.25) is 0 Å². The number of pyridine rings is 1. The van der Waals surface area contributed by atoms with E-state index in [1.807, 2.05) is 48.5 Å². The summed E-state index contributed by atoms with van der Waals surface area (Å²) < 4.78 is 5.15. The van der Waals surface area contributed by atoms with Crippen molar-refractivity contribution in [3.05, 3.63) is 66.2 Å². The number of nitrogens with one attached hydrogen (secondary N) is 1. The summed E-state index contributed by atoms with van der Waals surface area (Å²) in [5.41, 5.74) is 2.20. The molecule has 0 radical (unpaired) electrons. The Morgan fingerprint density at radius 3 is 2.55 bits per heavy atom. The van der Waals surface area contributed by atoms with Crippen LogP contribution in [0.15, 0.2) is 60.7 Å². The zero-order valence-electron chi connectivity index (χ0n) is 11.3. The van der Waals surface area contributed by atoms with E-state index < -0.39 is 0 Å². The largest absolute Gasteiger partial charge is 0.497 e. The zero-order chi connectivity index (χ0) is 13.8. The lowest BCUT2D eigenvalue weighted by Crippen LogP contribution is -2.01. The van der Waals surface area contributed by atoms with Crippen LogP contribution in [0, 0.1) is 0 Å². The highest BCUT2D eigenvalue weighted by Crippen LogP contribution is 2.16. The number of anilines is 1. The molecule has 0 unspecified atom stereocenters. The summed E-state index contributed by atoms with van der Waals surface area (Å²) in [6, 6.07) is 20.2. The van der Waals surface area contributed by atoms with Crippen LogP contribution in [0.25, 0.3) is 10.9 Å². The van der Waals surface area contributed by atoms with E-state index in [4.69, 9.17) is 4.74 Å². The van der Waals surface area contributed by atoms with Gasteiger partial charge in [-0.25, -0.2) is 4.98 Å². The van der Waals surface area contributed by atoms with E-state index in [0.29, 0.717) is 0 Å². The molecule has 0 aliphatic heterocycles. The number of fused-ring (bicyclic) bond motifs is 1. The number of hydrogen-bond acceptors (Lipinski definition) is 3. The third-order valence-electron chi connectivity index (χ3n) is 3.23. The molecule has 0 saturated carbocycles. The van der Waals surface area contributed by atoms with Gasteiger partial charge in [-0.1, -0.05) is 30.3 Å². The predicted molar refractivity (Wildman–Crippen MR) is 82.1 cm³/mol. The summed E-state index contributed by atoms with van der Waals surface area (Å²) in [6.45, 7) is 0.745. The van der Waals surface area contributed by atoms with Gasteiger partial charge in [-0.3, -0.25) is 0 Å². The lowest BCUT2D eigenvalue weighted by atomic mass is 10.2. The van der Waals surface area contributed by atoms with Gasteiger partial charge in [-0.2, -0.15) is 0 Å². The lowest BCUT2D eigenvalue weighted by Gasteiger charge is -2.07. The maximum Gasteiger partial charge on any atom is 0.126 e. The number of aromatic nitrogens is 1. The molecule has 0 bridgehead atoms. The SMILES string of the molecule is COc1ccc(CNc2ccc3ccccc3n2)cc1. The molecule has 1 heterocycles. The van der Waals surface area contributed by atoms with Crippen molar-refractivity contribution in [3.63, 3.8) is 0 Å². The summed E-state index contributed by atoms with van der Waals surface area (Å²) in [5.74, 6) is 1.76. The third-order valence-corrected chi connectivity index (χ3v) is 3.23. The highest BCUT2D eigenvalue weighted by molar-refractivity contribution is 5.80. The van der Waals surface area contributed by atoms with Crippen LogP contribution in [0.2, 0.25) is 0 Å². The van der Waals surface area contributed by atoms with Gasteiger partial charge in [0.25, 0.3) is 0 Å². The number of para-hydroxylation sites is 1. The molecule has 0 fully saturated rings. The first-order valence-electron chi connectivity index (χ1n) is 6.58. The molecule has 0 atom stereocenters. The molecule has 0 aliphatic carbocycles. The second kappa shape index (κ2) is 5.61. The maximum absolute atomic E-state index is 5.15. The third kappa shape index (κ3) is 2.72. The van der Waals surface area contributed by atoms with Gasteiger partial charge >= 0.3 is 0 Å². The average molecular weight is 264 g/mol. The fourth-order valence-corrected chi connectivity index (χ4v) is 2.10. The number of nitrogens with zero attached hydrogens (tertiary/aromatic N) is 1. The van der Waals surface area contributed by atoms with Gasteiger partial charge < -0.3 is 10.1 Å². The van der Waals surface area contributed by atoms with Crippen LogP contribution in [0.4, 0.5) is 5.82 Å². The Balaban J connectivity index is 1.72. The summed E-state index contributed by atoms with van der Waals surface area (Å²) in [6.07, 6.45) is 0. The van der Waals surface area contributed by atoms with Gasteiger partial charge in [0.1, 0.15) is 11.6 Å². The van der Waals surface area contributed by atoms with Crippen molar-refractivity contribution < 1.29 is 4.74 Å². The Kier molecular flexibility index (Phi) is 3.50. The first kappa shape index (κ1) is 12.5. The highest BCUT2D eigenvalue weighted by atomic mass is 16.5. The van der Waals surface area contributed by atoms with Crippen molar-refractivity contribution in [2.75, 3.05) is 12.4 Å². The number of ether oxygens (including phenoxy) is 1. The van der Waals surface area contributed by atoms with Gasteiger partial charge in [0, 0.05) is 11.9 Å². The first-order valence-corrected chi connectivity index (χ1v) is 6.58. The van der Waals surface area contributed by atoms with Crippen LogP contribution in [0.3, 0.4) is 0 Å². The smallest absolute Gasteiger partial charge is 0.126 e. The van der Waals surface area contributed by atoms with Crippen LogP contribution in [-0.2, 0) is 6.54 Å². The number of rotatable bonds is 4. The van der Waals surface area contributed by atoms with E-state index in [9.17, 15) is 0 Å². The van der Waals surface area contributed by atoms with Crippen LogP contribution in [0.1, 0.15) is 5.56 Å². The topological polar surface area (TPSA) is 34.1 Å².